The van der Waals surface area contributed by atoms with Crippen LogP contribution in [0.1, 0.15) is 12.6 Å². The van der Waals surface area contributed by atoms with E-state index in [2.05, 4.69) is 22.2 Å². The van der Waals surface area contributed by atoms with Crippen molar-refractivity contribution in [2.75, 3.05) is 19.6 Å². The minimum Gasteiger partial charge on any atom is -0.329 e. The average Bonchev–Trinajstić information content (AvgIpc) is 2.56. The molecule has 0 fully saturated rings. The molecule has 1 aromatic rings. The number of nitrogens with two attached hydrogens (primary N) is 1. The van der Waals surface area contributed by atoms with Gasteiger partial charge in [0.15, 0.2) is 0 Å². The van der Waals surface area contributed by atoms with Crippen LogP contribution in [0, 0.1) is 0 Å². The lowest BCUT2D eigenvalue weighted by Gasteiger charge is -2.17. The number of hydrogen-bond donors (Lipinski definition) is 1. The van der Waals surface area contributed by atoms with Crippen molar-refractivity contribution in [2.24, 2.45) is 5.73 Å². The summed E-state index contributed by atoms with van der Waals surface area (Å²) < 4.78 is 0. The van der Waals surface area contributed by atoms with Crippen LogP contribution < -0.4 is 5.73 Å². The third-order valence-corrected chi connectivity index (χ3v) is 2.40. The summed E-state index contributed by atoms with van der Waals surface area (Å²) in [7, 11) is 0. The zero-order chi connectivity index (χ0) is 8.81. The van der Waals surface area contributed by atoms with E-state index >= 15 is 0 Å². The molecule has 0 saturated heterocycles. The summed E-state index contributed by atoms with van der Waals surface area (Å²) in [5.41, 5.74) is 8.49. The molecule has 0 unspecified atom stereocenters. The molecular weight excluding hydrogens is 170 g/mol. The van der Waals surface area contributed by atoms with Gasteiger partial charge in [0.05, 0.1) is 11.2 Å². The lowest BCUT2D eigenvalue weighted by atomic mass is 10.4. The van der Waals surface area contributed by atoms with Crippen LogP contribution in [-0.4, -0.2) is 29.5 Å². The van der Waals surface area contributed by atoms with E-state index < -0.39 is 0 Å². The number of thiazole rings is 1. The number of hydrogen-bond acceptors (Lipinski definition) is 4. The molecule has 12 heavy (non-hydrogen) atoms. The highest BCUT2D eigenvalue weighted by atomic mass is 32.1. The summed E-state index contributed by atoms with van der Waals surface area (Å²) in [6.45, 7) is 5.78. The third kappa shape index (κ3) is 2.89. The zero-order valence-electron chi connectivity index (χ0n) is 7.36. The molecule has 4 heteroatoms. The Kier molecular flexibility index (Phi) is 4.21. The third-order valence-electron chi connectivity index (χ3n) is 1.76. The average molecular weight is 185 g/mol. The van der Waals surface area contributed by atoms with Gasteiger partial charge in [0.25, 0.3) is 0 Å². The molecule has 0 saturated carbocycles. The smallest absolute Gasteiger partial charge is 0.0795 e. The molecule has 0 aliphatic rings. The Morgan fingerprint density at radius 2 is 2.50 bits per heavy atom. The van der Waals surface area contributed by atoms with Crippen molar-refractivity contribution in [2.45, 2.75) is 13.5 Å². The maximum Gasteiger partial charge on any atom is 0.0795 e. The van der Waals surface area contributed by atoms with E-state index in [1.807, 2.05) is 5.51 Å². The van der Waals surface area contributed by atoms with E-state index in [1.165, 1.54) is 0 Å². The van der Waals surface area contributed by atoms with Crippen LogP contribution in [0.2, 0.25) is 0 Å². The van der Waals surface area contributed by atoms with Crippen LogP contribution in [0.4, 0.5) is 0 Å². The topological polar surface area (TPSA) is 42.1 Å². The fourth-order valence-electron chi connectivity index (χ4n) is 1.08. The van der Waals surface area contributed by atoms with Crippen molar-refractivity contribution in [1.29, 1.82) is 0 Å². The number of rotatable bonds is 5. The standard InChI is InChI=1S/C8H15N3S/c1-2-11(4-3-9)5-8-6-12-7-10-8/h6-7H,2-5,9H2,1H3. The van der Waals surface area contributed by atoms with Gasteiger partial charge in [0.1, 0.15) is 0 Å². The van der Waals surface area contributed by atoms with Crippen LogP contribution in [0.3, 0.4) is 0 Å². The largest absolute Gasteiger partial charge is 0.329 e. The van der Waals surface area contributed by atoms with Crippen LogP contribution in [-0.2, 0) is 6.54 Å². The summed E-state index contributed by atoms with van der Waals surface area (Å²) in [5.74, 6) is 0. The van der Waals surface area contributed by atoms with Gasteiger partial charge >= 0.3 is 0 Å². The summed E-state index contributed by atoms with van der Waals surface area (Å²) in [4.78, 5) is 6.51. The quantitative estimate of drug-likeness (QED) is 0.742. The number of nitrogens with zero attached hydrogens (tertiary/aromatic N) is 2. The predicted octanol–water partition coefficient (Wildman–Crippen LogP) is 0.924. The van der Waals surface area contributed by atoms with E-state index in [9.17, 15) is 0 Å². The molecule has 3 nitrogen and oxygen atoms in total. The first-order valence-electron chi connectivity index (χ1n) is 4.16. The highest BCUT2D eigenvalue weighted by Gasteiger charge is 2.02. The Balaban J connectivity index is 2.37. The summed E-state index contributed by atoms with van der Waals surface area (Å²) >= 11 is 1.64. The van der Waals surface area contributed by atoms with E-state index in [1.54, 1.807) is 11.3 Å². The molecule has 0 spiro atoms. The van der Waals surface area contributed by atoms with Crippen LogP contribution in [0.15, 0.2) is 10.9 Å². The molecule has 0 aliphatic carbocycles. The number of likely N-dealkylation sites (N-methyl/N-ethyl adjacent to an activating group) is 1. The maximum atomic E-state index is 5.47. The van der Waals surface area contributed by atoms with E-state index in [0.717, 1.165) is 31.9 Å². The normalized spacial score (nSPS) is 10.9. The molecule has 0 radical (unpaired) electrons. The van der Waals surface area contributed by atoms with Gasteiger partial charge in [0.2, 0.25) is 0 Å². The van der Waals surface area contributed by atoms with E-state index in [-0.39, 0.29) is 0 Å². The summed E-state index contributed by atoms with van der Waals surface area (Å²) in [5, 5.41) is 2.08. The van der Waals surface area contributed by atoms with Gasteiger partial charge in [-0.15, -0.1) is 11.3 Å². The molecule has 0 aliphatic heterocycles. The molecular formula is C8H15N3S. The van der Waals surface area contributed by atoms with Crippen molar-refractivity contribution in [3.8, 4) is 0 Å². The van der Waals surface area contributed by atoms with E-state index in [0.29, 0.717) is 0 Å². The Labute approximate surface area is 77.2 Å². The number of aromatic nitrogens is 1. The molecule has 1 aromatic heterocycles. The second-order valence-electron chi connectivity index (χ2n) is 2.64. The SMILES string of the molecule is CCN(CCN)Cc1cscn1. The highest BCUT2D eigenvalue weighted by molar-refractivity contribution is 7.07. The molecule has 0 amide bonds. The molecule has 0 bridgehead atoms. The van der Waals surface area contributed by atoms with Gasteiger partial charge in [-0.25, -0.2) is 4.98 Å². The first kappa shape index (κ1) is 9.64. The van der Waals surface area contributed by atoms with Crippen molar-refractivity contribution in [1.82, 2.24) is 9.88 Å². The monoisotopic (exact) mass is 185 g/mol. The first-order chi connectivity index (χ1) is 5.86. The molecule has 2 N–H and O–H groups in total. The van der Waals surface area contributed by atoms with Gasteiger partial charge < -0.3 is 5.73 Å². The molecule has 68 valence electrons. The Morgan fingerprint density at radius 3 is 3.00 bits per heavy atom. The first-order valence-corrected chi connectivity index (χ1v) is 5.10. The molecule has 1 rings (SSSR count). The van der Waals surface area contributed by atoms with Crippen LogP contribution in [0.5, 0.6) is 0 Å². The van der Waals surface area contributed by atoms with Gasteiger partial charge in [0, 0.05) is 25.0 Å². The minimum atomic E-state index is 0.720. The van der Waals surface area contributed by atoms with Gasteiger partial charge in [-0.1, -0.05) is 6.92 Å². The molecule has 0 atom stereocenters. The Bertz CT molecular complexity index is 198. The second kappa shape index (κ2) is 5.24. The summed E-state index contributed by atoms with van der Waals surface area (Å²) in [6, 6.07) is 0. The molecule has 0 aromatic carbocycles. The maximum absolute atomic E-state index is 5.47. The van der Waals surface area contributed by atoms with Crippen molar-refractivity contribution in [3.05, 3.63) is 16.6 Å². The van der Waals surface area contributed by atoms with Gasteiger partial charge in [-0.2, -0.15) is 0 Å². The minimum absolute atomic E-state index is 0.720. The predicted molar refractivity (Wildman–Crippen MR) is 52.1 cm³/mol. The van der Waals surface area contributed by atoms with Gasteiger partial charge in [-0.05, 0) is 6.54 Å². The highest BCUT2D eigenvalue weighted by Crippen LogP contribution is 2.04. The van der Waals surface area contributed by atoms with Crippen molar-refractivity contribution >= 4 is 11.3 Å². The van der Waals surface area contributed by atoms with Crippen LogP contribution in [0.25, 0.3) is 0 Å². The van der Waals surface area contributed by atoms with Crippen molar-refractivity contribution < 1.29 is 0 Å². The lowest BCUT2D eigenvalue weighted by molar-refractivity contribution is 0.285. The second-order valence-corrected chi connectivity index (χ2v) is 3.36. The van der Waals surface area contributed by atoms with Crippen LogP contribution >= 0.6 is 11.3 Å². The lowest BCUT2D eigenvalue weighted by Crippen LogP contribution is -2.28. The Hall–Kier alpha value is -0.450. The zero-order valence-corrected chi connectivity index (χ0v) is 8.18. The fourth-order valence-corrected chi connectivity index (χ4v) is 1.63. The Morgan fingerprint density at radius 1 is 1.67 bits per heavy atom. The van der Waals surface area contributed by atoms with E-state index in [4.69, 9.17) is 5.73 Å². The summed E-state index contributed by atoms with van der Waals surface area (Å²) in [6.07, 6.45) is 0. The van der Waals surface area contributed by atoms with Crippen molar-refractivity contribution in [3.63, 3.8) is 0 Å². The molecule has 1 heterocycles. The van der Waals surface area contributed by atoms with Gasteiger partial charge in [-0.3, -0.25) is 4.90 Å². The fraction of sp³-hybridized carbons (Fsp3) is 0.625.